The highest BCUT2D eigenvalue weighted by atomic mass is 15.0. The first kappa shape index (κ1) is 12.3. The summed E-state index contributed by atoms with van der Waals surface area (Å²) in [5.74, 6) is 3.38. The molecule has 1 heterocycles. The van der Waals surface area contributed by atoms with Crippen LogP contribution in [0.3, 0.4) is 0 Å². The van der Waals surface area contributed by atoms with Crippen LogP contribution in [0.5, 0.6) is 0 Å². The molecule has 2 atom stereocenters. The van der Waals surface area contributed by atoms with Gasteiger partial charge in [0.25, 0.3) is 0 Å². The van der Waals surface area contributed by atoms with E-state index in [-0.39, 0.29) is 12.1 Å². The fraction of sp³-hybridized carbons (Fsp3) is 0.600. The summed E-state index contributed by atoms with van der Waals surface area (Å²) in [7, 11) is 0. The molecule has 1 aliphatic rings. The van der Waals surface area contributed by atoms with Crippen molar-refractivity contribution < 1.29 is 0 Å². The average Bonchev–Trinajstić information content (AvgIpc) is 2.59. The summed E-state index contributed by atoms with van der Waals surface area (Å²) in [6.45, 7) is 6.50. The molecule has 2 rings (SSSR count). The average molecular weight is 230 g/mol. The lowest BCUT2D eigenvalue weighted by molar-refractivity contribution is 0.434. The number of hydrogen-bond acceptors (Lipinski definition) is 1. The maximum Gasteiger partial charge on any atom is 0.0966 e. The third-order valence-corrected chi connectivity index (χ3v) is 3.78. The van der Waals surface area contributed by atoms with E-state index in [1.807, 2.05) is 0 Å². The Kier molecular flexibility index (Phi) is 3.31. The molecule has 0 radical (unpaired) electrons. The molecule has 0 bridgehead atoms. The lowest BCUT2D eigenvalue weighted by Crippen LogP contribution is -2.22. The molecule has 17 heavy (non-hydrogen) atoms. The largest absolute Gasteiger partial charge is 0.334 e. The van der Waals surface area contributed by atoms with Gasteiger partial charge in [0.2, 0.25) is 0 Å². The van der Waals surface area contributed by atoms with E-state index in [4.69, 9.17) is 12.2 Å². The SMILES string of the molecule is C#CC(C(C)C)n1c(C)cc2c1CCCC2N. The molecule has 2 N–H and O–H groups in total. The van der Waals surface area contributed by atoms with E-state index in [0.29, 0.717) is 5.92 Å². The zero-order chi connectivity index (χ0) is 12.6. The van der Waals surface area contributed by atoms with E-state index < -0.39 is 0 Å². The van der Waals surface area contributed by atoms with Crippen molar-refractivity contribution in [3.8, 4) is 12.3 Å². The molecule has 0 spiro atoms. The minimum atomic E-state index is 0.157. The Balaban J connectivity index is 2.51. The van der Waals surface area contributed by atoms with Gasteiger partial charge in [0.15, 0.2) is 0 Å². The topological polar surface area (TPSA) is 30.9 Å². The molecule has 0 aromatic carbocycles. The van der Waals surface area contributed by atoms with Gasteiger partial charge in [0, 0.05) is 17.4 Å². The summed E-state index contributed by atoms with van der Waals surface area (Å²) in [4.78, 5) is 0. The summed E-state index contributed by atoms with van der Waals surface area (Å²) in [6, 6.07) is 2.58. The molecule has 1 aliphatic carbocycles. The number of aryl methyl sites for hydroxylation is 1. The van der Waals surface area contributed by atoms with Gasteiger partial charge in [-0.05, 0) is 43.7 Å². The van der Waals surface area contributed by atoms with Crippen molar-refractivity contribution in [1.29, 1.82) is 0 Å². The van der Waals surface area contributed by atoms with Crippen molar-refractivity contribution >= 4 is 0 Å². The quantitative estimate of drug-likeness (QED) is 0.778. The molecule has 0 saturated carbocycles. The van der Waals surface area contributed by atoms with Crippen LogP contribution in [0.2, 0.25) is 0 Å². The first-order valence-corrected chi connectivity index (χ1v) is 6.48. The number of terminal acetylenes is 1. The molecule has 2 nitrogen and oxygen atoms in total. The molecule has 0 amide bonds. The van der Waals surface area contributed by atoms with E-state index in [2.05, 4.69) is 37.3 Å². The molecular weight excluding hydrogens is 208 g/mol. The predicted molar refractivity (Wildman–Crippen MR) is 71.7 cm³/mol. The maximum atomic E-state index is 6.18. The third-order valence-electron chi connectivity index (χ3n) is 3.78. The van der Waals surface area contributed by atoms with Crippen LogP contribution in [0.1, 0.15) is 55.7 Å². The molecule has 0 saturated heterocycles. The number of rotatable bonds is 2. The van der Waals surface area contributed by atoms with Gasteiger partial charge in [-0.15, -0.1) is 6.42 Å². The van der Waals surface area contributed by atoms with Gasteiger partial charge < -0.3 is 10.3 Å². The van der Waals surface area contributed by atoms with Gasteiger partial charge in [0.05, 0.1) is 6.04 Å². The molecule has 2 heteroatoms. The Labute approximate surface area is 104 Å². The summed E-state index contributed by atoms with van der Waals surface area (Å²) in [5.41, 5.74) is 10.1. The summed E-state index contributed by atoms with van der Waals surface area (Å²) < 4.78 is 2.33. The fourth-order valence-corrected chi connectivity index (χ4v) is 2.91. The normalized spacial score (nSPS) is 21.1. The lowest BCUT2D eigenvalue weighted by Gasteiger charge is -2.26. The molecule has 0 fully saturated rings. The minimum absolute atomic E-state index is 0.157. The number of nitrogens with two attached hydrogens (primary N) is 1. The second-order valence-electron chi connectivity index (χ2n) is 5.41. The summed E-state index contributed by atoms with van der Waals surface area (Å²) in [6.07, 6.45) is 9.08. The Hall–Kier alpha value is -1.20. The van der Waals surface area contributed by atoms with Gasteiger partial charge in [0.1, 0.15) is 0 Å². The molecule has 1 aromatic rings. The Bertz CT molecular complexity index is 448. The summed E-state index contributed by atoms with van der Waals surface area (Å²) >= 11 is 0. The molecule has 92 valence electrons. The first-order chi connectivity index (χ1) is 8.06. The minimum Gasteiger partial charge on any atom is -0.334 e. The molecule has 0 aliphatic heterocycles. The van der Waals surface area contributed by atoms with Crippen LogP contribution in [-0.2, 0) is 6.42 Å². The number of hydrogen-bond donors (Lipinski definition) is 1. The standard InChI is InChI=1S/C15H22N2/c1-5-14(10(2)3)17-11(4)9-12-13(16)7-6-8-15(12)17/h1,9-10,13-14H,6-8,16H2,2-4H3. The van der Waals surface area contributed by atoms with Crippen molar-refractivity contribution in [2.45, 2.75) is 52.1 Å². The smallest absolute Gasteiger partial charge is 0.0966 e. The van der Waals surface area contributed by atoms with E-state index in [1.165, 1.54) is 23.4 Å². The number of aromatic nitrogens is 1. The monoisotopic (exact) mass is 230 g/mol. The van der Waals surface area contributed by atoms with Gasteiger partial charge in [-0.3, -0.25) is 0 Å². The highest BCUT2D eigenvalue weighted by Crippen LogP contribution is 2.34. The Morgan fingerprint density at radius 2 is 2.24 bits per heavy atom. The zero-order valence-electron chi connectivity index (χ0n) is 11.0. The van der Waals surface area contributed by atoms with E-state index >= 15 is 0 Å². The highest BCUT2D eigenvalue weighted by molar-refractivity contribution is 5.34. The summed E-state index contributed by atoms with van der Waals surface area (Å²) in [5, 5.41) is 0. The number of fused-ring (bicyclic) bond motifs is 1. The lowest BCUT2D eigenvalue weighted by atomic mass is 9.93. The second-order valence-corrected chi connectivity index (χ2v) is 5.41. The van der Waals surface area contributed by atoms with Crippen molar-refractivity contribution in [1.82, 2.24) is 4.57 Å². The highest BCUT2D eigenvalue weighted by Gasteiger charge is 2.25. The van der Waals surface area contributed by atoms with Crippen LogP contribution < -0.4 is 5.73 Å². The first-order valence-electron chi connectivity index (χ1n) is 6.48. The van der Waals surface area contributed by atoms with E-state index in [9.17, 15) is 0 Å². The van der Waals surface area contributed by atoms with Crippen LogP contribution in [0, 0.1) is 25.2 Å². The van der Waals surface area contributed by atoms with Crippen LogP contribution in [0.25, 0.3) is 0 Å². The van der Waals surface area contributed by atoms with Gasteiger partial charge >= 0.3 is 0 Å². The molecule has 2 unspecified atom stereocenters. The fourth-order valence-electron chi connectivity index (χ4n) is 2.91. The maximum absolute atomic E-state index is 6.18. The number of nitrogens with zero attached hydrogens (tertiary/aromatic N) is 1. The molecule has 1 aromatic heterocycles. The van der Waals surface area contributed by atoms with Crippen molar-refractivity contribution in [3.63, 3.8) is 0 Å². The van der Waals surface area contributed by atoms with Crippen LogP contribution in [0.4, 0.5) is 0 Å². The third kappa shape index (κ3) is 2.00. The van der Waals surface area contributed by atoms with Gasteiger partial charge in [-0.1, -0.05) is 19.8 Å². The van der Waals surface area contributed by atoms with Gasteiger partial charge in [-0.25, -0.2) is 0 Å². The van der Waals surface area contributed by atoms with E-state index in [1.54, 1.807) is 0 Å². The van der Waals surface area contributed by atoms with Crippen LogP contribution in [0.15, 0.2) is 6.07 Å². The van der Waals surface area contributed by atoms with Gasteiger partial charge in [-0.2, -0.15) is 0 Å². The Morgan fingerprint density at radius 3 is 2.82 bits per heavy atom. The van der Waals surface area contributed by atoms with Crippen molar-refractivity contribution in [2.75, 3.05) is 0 Å². The Morgan fingerprint density at radius 1 is 1.53 bits per heavy atom. The van der Waals surface area contributed by atoms with Crippen LogP contribution >= 0.6 is 0 Å². The zero-order valence-corrected chi connectivity index (χ0v) is 11.0. The predicted octanol–water partition coefficient (Wildman–Crippen LogP) is 2.96. The molecular formula is C15H22N2. The van der Waals surface area contributed by atoms with Crippen LogP contribution in [-0.4, -0.2) is 4.57 Å². The van der Waals surface area contributed by atoms with Crippen molar-refractivity contribution in [3.05, 3.63) is 23.0 Å². The van der Waals surface area contributed by atoms with E-state index in [0.717, 1.165) is 12.8 Å². The van der Waals surface area contributed by atoms with Crippen molar-refractivity contribution in [2.24, 2.45) is 11.7 Å². The second kappa shape index (κ2) is 4.58.